The van der Waals surface area contributed by atoms with Gasteiger partial charge in [0.25, 0.3) is 0 Å². The number of ketones is 1. The molecule has 0 unspecified atom stereocenters. The van der Waals surface area contributed by atoms with E-state index in [1.54, 1.807) is 0 Å². The largest absolute Gasteiger partial charge is 0.481 e. The van der Waals surface area contributed by atoms with Crippen LogP contribution < -0.4 is 0 Å². The van der Waals surface area contributed by atoms with Crippen molar-refractivity contribution >= 4 is 11.8 Å². The van der Waals surface area contributed by atoms with Gasteiger partial charge < -0.3 is 10.2 Å². The third kappa shape index (κ3) is 9.14. The van der Waals surface area contributed by atoms with E-state index in [-0.39, 0.29) is 30.5 Å². The highest BCUT2D eigenvalue weighted by Gasteiger charge is 2.38. The van der Waals surface area contributed by atoms with E-state index in [0.717, 1.165) is 44.9 Å². The van der Waals surface area contributed by atoms with E-state index in [2.05, 4.69) is 31.2 Å². The highest BCUT2D eigenvalue weighted by Crippen LogP contribution is 2.33. The third-order valence-corrected chi connectivity index (χ3v) is 4.81. The van der Waals surface area contributed by atoms with Gasteiger partial charge in [-0.3, -0.25) is 9.59 Å². The van der Waals surface area contributed by atoms with Crippen LogP contribution in [0.4, 0.5) is 0 Å². The second-order valence-electron chi connectivity index (χ2n) is 7.01. The van der Waals surface area contributed by atoms with Gasteiger partial charge in [-0.2, -0.15) is 0 Å². The van der Waals surface area contributed by atoms with E-state index in [0.29, 0.717) is 6.42 Å². The number of hydrogen-bond donors (Lipinski definition) is 2. The minimum Gasteiger partial charge on any atom is -0.481 e. The number of hydrogen-bond acceptors (Lipinski definition) is 3. The Labute approximate surface area is 157 Å². The standard InChI is InChI=1S/C22H34O4/c1-2-3-4-5-8-11-14-18-19(21(24)17-20(18)23)15-12-9-6-7-10-13-16-22(25)26/h3-4,9,11-12,14,18-20,23H,2,5-8,10,13,15-17H2,1H3,(H,25,26)/b4-3-,12-9-,14-11+/t18-,19-,20-/m1/s1. The van der Waals surface area contributed by atoms with Crippen LogP contribution in [0.15, 0.2) is 36.5 Å². The molecule has 0 amide bonds. The Morgan fingerprint density at radius 3 is 2.50 bits per heavy atom. The summed E-state index contributed by atoms with van der Waals surface area (Å²) in [4.78, 5) is 22.6. The van der Waals surface area contributed by atoms with Crippen molar-refractivity contribution in [1.82, 2.24) is 0 Å². The Bertz CT molecular complexity index is 504. The van der Waals surface area contributed by atoms with Crippen molar-refractivity contribution in [3.05, 3.63) is 36.5 Å². The van der Waals surface area contributed by atoms with Crippen LogP contribution in [0.1, 0.15) is 71.1 Å². The van der Waals surface area contributed by atoms with Gasteiger partial charge in [-0.15, -0.1) is 0 Å². The van der Waals surface area contributed by atoms with Gasteiger partial charge in [-0.05, 0) is 44.9 Å². The van der Waals surface area contributed by atoms with E-state index < -0.39 is 12.1 Å². The summed E-state index contributed by atoms with van der Waals surface area (Å²) in [7, 11) is 0. The molecule has 0 aromatic carbocycles. The van der Waals surface area contributed by atoms with Crippen molar-refractivity contribution in [1.29, 1.82) is 0 Å². The van der Waals surface area contributed by atoms with Gasteiger partial charge in [0.2, 0.25) is 0 Å². The molecule has 26 heavy (non-hydrogen) atoms. The summed E-state index contributed by atoms with van der Waals surface area (Å²) in [6, 6.07) is 0. The molecule has 0 aliphatic heterocycles. The zero-order valence-corrected chi connectivity index (χ0v) is 16.0. The molecule has 0 saturated heterocycles. The first-order chi connectivity index (χ1) is 12.6. The van der Waals surface area contributed by atoms with Crippen LogP contribution in [0.2, 0.25) is 0 Å². The summed E-state index contributed by atoms with van der Waals surface area (Å²) in [5.41, 5.74) is 0. The number of carbonyl (C=O) groups is 2. The first kappa shape index (κ1) is 22.4. The van der Waals surface area contributed by atoms with Crippen LogP contribution in [-0.2, 0) is 9.59 Å². The number of rotatable bonds is 13. The number of carbonyl (C=O) groups excluding carboxylic acids is 1. The topological polar surface area (TPSA) is 74.6 Å². The molecule has 1 saturated carbocycles. The van der Waals surface area contributed by atoms with Crippen molar-refractivity contribution < 1.29 is 19.8 Å². The summed E-state index contributed by atoms with van der Waals surface area (Å²) in [6.45, 7) is 2.11. The van der Waals surface area contributed by atoms with E-state index in [4.69, 9.17) is 5.11 Å². The molecule has 0 radical (unpaired) electrons. The first-order valence-electron chi connectivity index (χ1n) is 9.95. The Kier molecular flexibility index (Phi) is 11.6. The van der Waals surface area contributed by atoms with Crippen molar-refractivity contribution in [3.63, 3.8) is 0 Å². The molecule has 0 bridgehead atoms. The molecule has 146 valence electrons. The van der Waals surface area contributed by atoms with Crippen LogP contribution in [0.25, 0.3) is 0 Å². The average molecular weight is 363 g/mol. The summed E-state index contributed by atoms with van der Waals surface area (Å²) in [5.74, 6) is -0.767. The molecule has 1 fully saturated rings. The average Bonchev–Trinajstić information content (AvgIpc) is 2.86. The van der Waals surface area contributed by atoms with E-state index in [1.165, 1.54) is 0 Å². The SMILES string of the molecule is CC/C=C\CC/C=C/[C@H]1[C@H](O)CC(=O)[C@@H]1C/C=C\CCCCCC(=O)O. The lowest BCUT2D eigenvalue weighted by atomic mass is 9.90. The Morgan fingerprint density at radius 2 is 1.77 bits per heavy atom. The maximum Gasteiger partial charge on any atom is 0.303 e. The number of unbranched alkanes of at least 4 members (excludes halogenated alkanes) is 4. The molecule has 1 rings (SSSR count). The number of aliphatic carboxylic acids is 1. The van der Waals surface area contributed by atoms with Crippen LogP contribution in [0, 0.1) is 11.8 Å². The number of carboxylic acid groups (broad SMARTS) is 1. The van der Waals surface area contributed by atoms with Crippen LogP contribution in [0.3, 0.4) is 0 Å². The Hall–Kier alpha value is -1.68. The molecular formula is C22H34O4. The first-order valence-corrected chi connectivity index (χ1v) is 9.95. The number of aliphatic hydroxyl groups is 1. The molecule has 0 aromatic heterocycles. The van der Waals surface area contributed by atoms with Crippen molar-refractivity contribution in [3.8, 4) is 0 Å². The van der Waals surface area contributed by atoms with Crippen molar-refractivity contribution in [2.45, 2.75) is 77.2 Å². The molecule has 0 aromatic rings. The van der Waals surface area contributed by atoms with Gasteiger partial charge in [-0.25, -0.2) is 0 Å². The fourth-order valence-corrected chi connectivity index (χ4v) is 3.33. The van der Waals surface area contributed by atoms with Crippen molar-refractivity contribution in [2.75, 3.05) is 0 Å². The van der Waals surface area contributed by atoms with E-state index >= 15 is 0 Å². The molecular weight excluding hydrogens is 328 g/mol. The lowest BCUT2D eigenvalue weighted by Gasteiger charge is -2.15. The summed E-state index contributed by atoms with van der Waals surface area (Å²) < 4.78 is 0. The number of allylic oxidation sites excluding steroid dienone is 5. The second kappa shape index (κ2) is 13.5. The minimum absolute atomic E-state index is 0.0714. The normalized spacial score (nSPS) is 23.8. The van der Waals surface area contributed by atoms with E-state index in [9.17, 15) is 14.7 Å². The molecule has 0 heterocycles. The molecule has 1 aliphatic rings. The smallest absolute Gasteiger partial charge is 0.303 e. The van der Waals surface area contributed by atoms with Crippen LogP contribution in [0.5, 0.6) is 0 Å². The lowest BCUT2D eigenvalue weighted by Crippen LogP contribution is -2.17. The second-order valence-corrected chi connectivity index (χ2v) is 7.01. The zero-order valence-electron chi connectivity index (χ0n) is 16.0. The maximum absolute atomic E-state index is 12.1. The fraction of sp³-hybridized carbons (Fsp3) is 0.636. The summed E-state index contributed by atoms with van der Waals surface area (Å²) in [5, 5.41) is 18.7. The molecule has 4 nitrogen and oxygen atoms in total. The molecule has 4 heteroatoms. The fourth-order valence-electron chi connectivity index (χ4n) is 3.33. The van der Waals surface area contributed by atoms with E-state index in [1.807, 2.05) is 12.2 Å². The predicted molar refractivity (Wildman–Crippen MR) is 105 cm³/mol. The Balaban J connectivity index is 2.33. The molecule has 0 spiro atoms. The number of aliphatic hydroxyl groups excluding tert-OH is 1. The summed E-state index contributed by atoms with van der Waals surface area (Å²) >= 11 is 0. The quantitative estimate of drug-likeness (QED) is 0.363. The monoisotopic (exact) mass is 362 g/mol. The highest BCUT2D eigenvalue weighted by atomic mass is 16.4. The van der Waals surface area contributed by atoms with Crippen LogP contribution >= 0.6 is 0 Å². The molecule has 3 atom stereocenters. The van der Waals surface area contributed by atoms with Crippen molar-refractivity contribution in [2.24, 2.45) is 11.8 Å². The number of Topliss-reactive ketones (excluding diaryl/α,β-unsaturated/α-hetero) is 1. The zero-order chi connectivity index (χ0) is 19.2. The predicted octanol–water partition coefficient (Wildman–Crippen LogP) is 4.84. The van der Waals surface area contributed by atoms with Gasteiger partial charge >= 0.3 is 5.97 Å². The molecule has 1 aliphatic carbocycles. The maximum atomic E-state index is 12.1. The minimum atomic E-state index is -0.737. The molecule has 2 N–H and O–H groups in total. The number of carboxylic acids is 1. The van der Waals surface area contributed by atoms with Crippen LogP contribution in [-0.4, -0.2) is 28.1 Å². The van der Waals surface area contributed by atoms with Gasteiger partial charge in [0.1, 0.15) is 5.78 Å². The van der Waals surface area contributed by atoms with Gasteiger partial charge in [0.05, 0.1) is 6.10 Å². The third-order valence-electron chi connectivity index (χ3n) is 4.81. The van der Waals surface area contributed by atoms with Gasteiger partial charge in [-0.1, -0.05) is 49.8 Å². The van der Waals surface area contributed by atoms with Gasteiger partial charge in [0.15, 0.2) is 0 Å². The lowest BCUT2D eigenvalue weighted by molar-refractivity contribution is -0.137. The summed E-state index contributed by atoms with van der Waals surface area (Å²) in [6.07, 6.45) is 19.7. The Morgan fingerprint density at radius 1 is 1.04 bits per heavy atom. The van der Waals surface area contributed by atoms with Gasteiger partial charge in [0, 0.05) is 24.7 Å². The highest BCUT2D eigenvalue weighted by molar-refractivity contribution is 5.84.